The second-order valence-electron chi connectivity index (χ2n) is 9.61. The van der Waals surface area contributed by atoms with Gasteiger partial charge in [0.25, 0.3) is 0 Å². The molecule has 2 rings (SSSR count). The Morgan fingerprint density at radius 2 is 1.17 bits per heavy atom. The largest absolute Gasteiger partial charge is 0.504 e. The number of aromatic hydroxyl groups is 4. The molecule has 234 valence electrons. The minimum absolute atomic E-state index is 0.0919. The molecule has 42 heavy (non-hydrogen) atoms. The van der Waals surface area contributed by atoms with Crippen molar-refractivity contribution in [2.24, 2.45) is 11.5 Å². The van der Waals surface area contributed by atoms with E-state index in [-0.39, 0.29) is 60.6 Å². The van der Waals surface area contributed by atoms with Gasteiger partial charge in [-0.05, 0) is 56.5 Å². The lowest BCUT2D eigenvalue weighted by atomic mass is 9.82. The Hall–Kier alpha value is -4.24. The van der Waals surface area contributed by atoms with Gasteiger partial charge in [-0.3, -0.25) is 0 Å². The third-order valence-corrected chi connectivity index (χ3v) is 5.81. The van der Waals surface area contributed by atoms with Crippen LogP contribution in [0.4, 0.5) is 0 Å². The number of carboxylic acid groups (broad SMARTS) is 2. The van der Waals surface area contributed by atoms with Gasteiger partial charge in [-0.2, -0.15) is 0 Å². The van der Waals surface area contributed by atoms with Crippen LogP contribution in [0, 0.1) is 0 Å². The standard InChI is InChI=1S/C24H36N2O8.C4H4O4/c25-9-3-1-2-8-24(26,12-16(27)14-33-18-4-6-20(29)22(31)10-18)13-17(28)15-34-19-5-7-21(30)23(32)11-19;5-3(6)1-2-4(7)8/h4-7,10-11,16-17,27-32H,1-3,8-9,12-15,25-26H2;1-2H,(H,5,6)(H,7,8)/b;2-1+. The molecular weight excluding hydrogens is 556 g/mol. The lowest BCUT2D eigenvalue weighted by Gasteiger charge is -2.33. The lowest BCUT2D eigenvalue weighted by Crippen LogP contribution is -2.47. The fraction of sp³-hybridized carbons (Fsp3) is 0.429. The van der Waals surface area contributed by atoms with Crippen molar-refractivity contribution in [2.75, 3.05) is 19.8 Å². The molecule has 0 aliphatic heterocycles. The molecule has 2 aromatic carbocycles. The van der Waals surface area contributed by atoms with Gasteiger partial charge in [0.2, 0.25) is 0 Å². The van der Waals surface area contributed by atoms with Crippen LogP contribution in [-0.4, -0.2) is 90.3 Å². The minimum Gasteiger partial charge on any atom is -0.504 e. The van der Waals surface area contributed by atoms with Crippen molar-refractivity contribution in [3.63, 3.8) is 0 Å². The Balaban J connectivity index is 0.000000962. The Morgan fingerprint density at radius 3 is 1.52 bits per heavy atom. The lowest BCUT2D eigenvalue weighted by molar-refractivity contribution is -0.134. The molecule has 2 atom stereocenters. The van der Waals surface area contributed by atoms with Gasteiger partial charge in [0.05, 0.1) is 12.2 Å². The number of hydrogen-bond donors (Lipinski definition) is 10. The van der Waals surface area contributed by atoms with E-state index >= 15 is 0 Å². The van der Waals surface area contributed by atoms with Crippen LogP contribution in [0.25, 0.3) is 0 Å². The molecule has 0 saturated carbocycles. The summed E-state index contributed by atoms with van der Waals surface area (Å²) in [5, 5.41) is 74.6. The number of hydrogen-bond acceptors (Lipinski definition) is 12. The molecule has 14 heteroatoms. The quantitative estimate of drug-likeness (QED) is 0.0703. The summed E-state index contributed by atoms with van der Waals surface area (Å²) in [5.74, 6) is -3.15. The Morgan fingerprint density at radius 1 is 0.738 bits per heavy atom. The van der Waals surface area contributed by atoms with Crippen molar-refractivity contribution < 1.29 is 59.9 Å². The summed E-state index contributed by atoms with van der Waals surface area (Å²) in [6.45, 7) is 0.389. The summed E-state index contributed by atoms with van der Waals surface area (Å²) < 4.78 is 11.0. The zero-order valence-corrected chi connectivity index (χ0v) is 23.0. The molecule has 0 spiro atoms. The van der Waals surface area contributed by atoms with Crippen LogP contribution >= 0.6 is 0 Å². The molecular formula is C28H40N2O12. The smallest absolute Gasteiger partial charge is 0.328 e. The first-order valence-corrected chi connectivity index (χ1v) is 13.0. The highest BCUT2D eigenvalue weighted by atomic mass is 16.5. The highest BCUT2D eigenvalue weighted by molar-refractivity contribution is 5.89. The summed E-state index contributed by atoms with van der Waals surface area (Å²) in [4.78, 5) is 19.1. The van der Waals surface area contributed by atoms with Gasteiger partial charge in [0.1, 0.15) is 24.7 Å². The number of benzene rings is 2. The van der Waals surface area contributed by atoms with Crippen LogP contribution in [-0.2, 0) is 9.59 Å². The molecule has 0 radical (unpaired) electrons. The van der Waals surface area contributed by atoms with E-state index in [1.165, 1.54) is 36.4 Å². The number of unbranched alkanes of at least 4 members (excludes halogenated alkanes) is 2. The van der Waals surface area contributed by atoms with E-state index in [2.05, 4.69) is 0 Å². The van der Waals surface area contributed by atoms with Crippen molar-refractivity contribution in [2.45, 2.75) is 56.3 Å². The number of nitrogens with two attached hydrogens (primary N) is 2. The maximum absolute atomic E-state index is 10.5. The van der Waals surface area contributed by atoms with E-state index in [0.717, 1.165) is 19.3 Å². The number of ether oxygens (including phenoxy) is 2. The maximum atomic E-state index is 10.5. The Kier molecular flexibility index (Phi) is 15.5. The molecule has 12 N–H and O–H groups in total. The van der Waals surface area contributed by atoms with Crippen LogP contribution in [0.3, 0.4) is 0 Å². The maximum Gasteiger partial charge on any atom is 0.328 e. The predicted molar refractivity (Wildman–Crippen MR) is 151 cm³/mol. The summed E-state index contributed by atoms with van der Waals surface area (Å²) in [7, 11) is 0. The van der Waals surface area contributed by atoms with Crippen molar-refractivity contribution in [3.8, 4) is 34.5 Å². The van der Waals surface area contributed by atoms with Crippen molar-refractivity contribution in [1.29, 1.82) is 0 Å². The first kappa shape index (κ1) is 35.8. The number of phenolic OH excluding ortho intramolecular Hbond substituents is 4. The zero-order chi connectivity index (χ0) is 31.7. The second-order valence-corrected chi connectivity index (χ2v) is 9.61. The minimum atomic E-state index is -1.26. The van der Waals surface area contributed by atoms with E-state index in [1.54, 1.807) is 0 Å². The van der Waals surface area contributed by atoms with E-state index in [1.807, 2.05) is 0 Å². The monoisotopic (exact) mass is 596 g/mol. The van der Waals surface area contributed by atoms with Gasteiger partial charge in [-0.1, -0.05) is 12.8 Å². The normalized spacial score (nSPS) is 13.8. The number of phenols is 4. The van der Waals surface area contributed by atoms with Crippen LogP contribution in [0.1, 0.15) is 38.5 Å². The average Bonchev–Trinajstić information content (AvgIpc) is 2.91. The van der Waals surface area contributed by atoms with Crippen LogP contribution in [0.2, 0.25) is 0 Å². The van der Waals surface area contributed by atoms with Crippen LogP contribution in [0.5, 0.6) is 34.5 Å². The molecule has 0 heterocycles. The molecule has 0 saturated heterocycles. The highest BCUT2D eigenvalue weighted by Crippen LogP contribution is 2.31. The van der Waals surface area contributed by atoms with Gasteiger partial charge in [0.15, 0.2) is 23.0 Å². The predicted octanol–water partition coefficient (Wildman–Crippen LogP) is 1.40. The molecule has 0 fully saturated rings. The molecule has 14 nitrogen and oxygen atoms in total. The van der Waals surface area contributed by atoms with Gasteiger partial charge in [-0.25, -0.2) is 9.59 Å². The van der Waals surface area contributed by atoms with Crippen molar-refractivity contribution in [1.82, 2.24) is 0 Å². The van der Waals surface area contributed by atoms with E-state index in [4.69, 9.17) is 31.2 Å². The third-order valence-electron chi connectivity index (χ3n) is 5.81. The molecule has 0 aliphatic carbocycles. The fourth-order valence-corrected chi connectivity index (χ4v) is 3.86. The molecule has 0 amide bonds. The number of carboxylic acids is 2. The van der Waals surface area contributed by atoms with Gasteiger partial charge in [-0.15, -0.1) is 0 Å². The fourth-order valence-electron chi connectivity index (χ4n) is 3.86. The highest BCUT2D eigenvalue weighted by Gasteiger charge is 2.31. The van der Waals surface area contributed by atoms with Crippen LogP contribution < -0.4 is 20.9 Å². The second kappa shape index (κ2) is 18.2. The van der Waals surface area contributed by atoms with E-state index in [9.17, 15) is 40.2 Å². The third kappa shape index (κ3) is 14.9. The molecule has 2 unspecified atom stereocenters. The van der Waals surface area contributed by atoms with Gasteiger partial charge in [0, 0.05) is 29.8 Å². The SMILES string of the molecule is NCCCCCC(N)(CC(O)COc1ccc(O)c(O)c1)CC(O)COc1ccc(O)c(O)c1.O=C(O)/C=C/C(=O)O. The molecule has 2 aromatic rings. The van der Waals surface area contributed by atoms with Crippen LogP contribution in [0.15, 0.2) is 48.6 Å². The number of aliphatic carboxylic acids is 2. The van der Waals surface area contributed by atoms with E-state index < -0.39 is 29.7 Å². The number of aliphatic hydroxyl groups is 2. The Labute approximate surface area is 242 Å². The summed E-state index contributed by atoms with van der Waals surface area (Å²) >= 11 is 0. The zero-order valence-electron chi connectivity index (χ0n) is 23.0. The number of carbonyl (C=O) groups is 2. The molecule has 0 aromatic heterocycles. The number of aliphatic hydroxyl groups excluding tert-OH is 2. The summed E-state index contributed by atoms with van der Waals surface area (Å²) in [6.07, 6.45) is 2.55. The molecule has 0 aliphatic rings. The van der Waals surface area contributed by atoms with Crippen molar-refractivity contribution in [3.05, 3.63) is 48.6 Å². The van der Waals surface area contributed by atoms with E-state index in [0.29, 0.717) is 25.1 Å². The first-order chi connectivity index (χ1) is 19.7. The van der Waals surface area contributed by atoms with Gasteiger partial charge >= 0.3 is 11.9 Å². The van der Waals surface area contributed by atoms with Gasteiger partial charge < -0.3 is 61.8 Å². The summed E-state index contributed by atoms with van der Waals surface area (Å²) in [5.41, 5.74) is 11.2. The topological polar surface area (TPSA) is 266 Å². The number of rotatable bonds is 17. The summed E-state index contributed by atoms with van der Waals surface area (Å²) in [6, 6.07) is 7.98. The average molecular weight is 597 g/mol. The molecule has 0 bridgehead atoms. The Bertz CT molecular complexity index is 1080. The van der Waals surface area contributed by atoms with Crippen molar-refractivity contribution >= 4 is 11.9 Å². The first-order valence-electron chi connectivity index (χ1n) is 13.0.